The Bertz CT molecular complexity index is 1570. The van der Waals surface area contributed by atoms with E-state index in [-0.39, 0.29) is 17.8 Å². The highest BCUT2D eigenvalue weighted by Gasteiger charge is 2.39. The largest absolute Gasteiger partial charge is 0.508 e. The van der Waals surface area contributed by atoms with Crippen LogP contribution in [-0.4, -0.2) is 104 Å². The lowest BCUT2D eigenvalue weighted by atomic mass is 9.91. The summed E-state index contributed by atoms with van der Waals surface area (Å²) < 4.78 is 65.6. The lowest BCUT2D eigenvalue weighted by Gasteiger charge is -2.30. The van der Waals surface area contributed by atoms with Crippen LogP contribution in [0.25, 0.3) is 17.0 Å². The van der Waals surface area contributed by atoms with Gasteiger partial charge in [-0.2, -0.15) is 31.4 Å². The van der Waals surface area contributed by atoms with Crippen LogP contribution in [0.1, 0.15) is 48.4 Å². The van der Waals surface area contributed by atoms with Gasteiger partial charge in [-0.25, -0.2) is 9.59 Å². The molecule has 0 atom stereocenters. The maximum atomic E-state index is 11.1. The highest BCUT2D eigenvalue weighted by atomic mass is 19.4. The summed E-state index contributed by atoms with van der Waals surface area (Å²) in [4.78, 5) is 30.9. The first-order valence-corrected chi connectivity index (χ1v) is 15.2. The first kappa shape index (κ1) is 41.5. The van der Waals surface area contributed by atoms with Crippen LogP contribution in [0.3, 0.4) is 0 Å². The molecule has 2 aliphatic heterocycles. The second-order valence-corrected chi connectivity index (χ2v) is 11.5. The van der Waals surface area contributed by atoms with Gasteiger partial charge in [0.15, 0.2) is 0 Å². The molecule has 2 saturated heterocycles. The Morgan fingerprint density at radius 2 is 1.40 bits per heavy atom. The van der Waals surface area contributed by atoms with Crippen LogP contribution in [0.15, 0.2) is 48.5 Å². The minimum absolute atomic E-state index is 0. The van der Waals surface area contributed by atoms with Crippen LogP contribution in [0.4, 0.5) is 26.3 Å². The van der Waals surface area contributed by atoms with Gasteiger partial charge in [-0.05, 0) is 87.1 Å². The normalized spacial score (nSPS) is 16.1. The first-order valence-electron chi connectivity index (χ1n) is 15.2. The highest BCUT2D eigenvalue weighted by Crippen LogP contribution is 2.34. The molecule has 276 valence electrons. The van der Waals surface area contributed by atoms with E-state index in [2.05, 4.69) is 40.3 Å². The summed E-state index contributed by atoms with van der Waals surface area (Å²) in [6.45, 7) is 4.47. The summed E-state index contributed by atoms with van der Waals surface area (Å²) in [5, 5.41) is 42.7. The zero-order chi connectivity index (χ0) is 36.4. The van der Waals surface area contributed by atoms with E-state index < -0.39 is 30.3 Å². The minimum Gasteiger partial charge on any atom is -0.508 e. The third kappa shape index (κ3) is 13.0. The number of fused-ring (bicyclic) bond motifs is 1. The number of hydrogen-bond donors (Lipinski definition) is 5. The van der Waals surface area contributed by atoms with E-state index in [1.165, 1.54) is 23.8 Å². The average molecular weight is 721 g/mol. The molecule has 1 aromatic heterocycles. The molecular formula is C32H38F6N4O8. The van der Waals surface area contributed by atoms with Gasteiger partial charge in [0.05, 0.1) is 24.3 Å². The third-order valence-corrected chi connectivity index (χ3v) is 7.84. The van der Waals surface area contributed by atoms with Crippen LogP contribution >= 0.6 is 0 Å². The molecule has 2 fully saturated rings. The molecule has 12 nitrogen and oxygen atoms in total. The van der Waals surface area contributed by atoms with E-state index in [9.17, 15) is 36.2 Å². The molecule has 0 amide bonds. The number of alkyl halides is 6. The van der Waals surface area contributed by atoms with Crippen molar-refractivity contribution in [2.75, 3.05) is 32.7 Å². The maximum Gasteiger partial charge on any atom is 0.490 e. The Morgan fingerprint density at radius 1 is 0.860 bits per heavy atom. The molecular weight excluding hydrogens is 682 g/mol. The van der Waals surface area contributed by atoms with E-state index >= 15 is 0 Å². The third-order valence-electron chi connectivity index (χ3n) is 7.84. The Kier molecular flexibility index (Phi) is 15.2. The number of aliphatic carboxylic acids is 3. The predicted octanol–water partition coefficient (Wildman–Crippen LogP) is 4.51. The summed E-state index contributed by atoms with van der Waals surface area (Å²) in [6.07, 6.45) is -1.38. The van der Waals surface area contributed by atoms with Gasteiger partial charge in [-0.3, -0.25) is 14.4 Å². The monoisotopic (exact) mass is 720 g/mol. The van der Waals surface area contributed by atoms with Crippen molar-refractivity contribution in [3.63, 3.8) is 0 Å². The van der Waals surface area contributed by atoms with E-state index in [1.54, 1.807) is 12.1 Å². The fourth-order valence-electron chi connectivity index (χ4n) is 5.36. The van der Waals surface area contributed by atoms with Crippen LogP contribution in [0, 0.1) is 5.92 Å². The van der Waals surface area contributed by atoms with Crippen molar-refractivity contribution in [3.8, 4) is 5.75 Å². The SMILES string of the molecule is O.O=C(O)C(F)(F)F.O=C(O)C(F)(F)F.O=C(O)CN1CCC(c2nn(Cc3ccc(O)cc3)c3cc(/C=C/C4CCNCC4)ccc23)CC1. The summed E-state index contributed by atoms with van der Waals surface area (Å²) >= 11 is 0. The molecule has 0 saturated carbocycles. The lowest BCUT2D eigenvalue weighted by molar-refractivity contribution is -0.193. The summed E-state index contributed by atoms with van der Waals surface area (Å²) in [6, 6.07) is 13.9. The maximum absolute atomic E-state index is 11.1. The number of aromatic nitrogens is 2. The number of carboxylic acids is 3. The number of nitrogens with one attached hydrogen (secondary N) is 1. The van der Waals surface area contributed by atoms with Crippen LogP contribution in [0.2, 0.25) is 0 Å². The fourth-order valence-corrected chi connectivity index (χ4v) is 5.36. The first-order chi connectivity index (χ1) is 22.9. The Balaban J connectivity index is 0.000000489. The molecule has 18 heteroatoms. The zero-order valence-corrected chi connectivity index (χ0v) is 26.5. The van der Waals surface area contributed by atoms with Gasteiger partial charge in [0, 0.05) is 11.3 Å². The number of piperidine rings is 2. The number of benzene rings is 2. The number of aromatic hydroxyl groups is 1. The van der Waals surface area contributed by atoms with Crippen molar-refractivity contribution in [3.05, 3.63) is 65.4 Å². The molecule has 0 unspecified atom stereocenters. The summed E-state index contributed by atoms with van der Waals surface area (Å²) in [5.74, 6) is -5.07. The quantitative estimate of drug-likeness (QED) is 0.217. The van der Waals surface area contributed by atoms with E-state index in [0.29, 0.717) is 18.4 Å². The van der Waals surface area contributed by atoms with Gasteiger partial charge >= 0.3 is 30.3 Å². The number of hydrogen-bond acceptors (Lipinski definition) is 7. The van der Waals surface area contributed by atoms with Crippen molar-refractivity contribution in [1.29, 1.82) is 0 Å². The molecule has 3 aromatic rings. The highest BCUT2D eigenvalue weighted by molar-refractivity contribution is 5.85. The molecule has 0 bridgehead atoms. The molecule has 5 rings (SSSR count). The second-order valence-electron chi connectivity index (χ2n) is 11.5. The standard InChI is InChI=1S/C28H34N4O3.2C2HF3O2.H2O/c33-24-6-3-22(4-7-24)18-32-26-17-21(2-1-20-9-13-29-14-10-20)5-8-25(26)28(30-32)23-11-15-31(16-12-23)19-27(34)35;2*3-2(4,5)1(6)7;/h1-8,17,20,23,29,33H,9-16,18-19H2,(H,34,35);2*(H,6,7);1H2/b2-1+;;;. The number of carboxylic acid groups (broad SMARTS) is 3. The summed E-state index contributed by atoms with van der Waals surface area (Å²) in [5.41, 5.74) is 4.51. The van der Waals surface area contributed by atoms with Crippen molar-refractivity contribution >= 4 is 34.9 Å². The van der Waals surface area contributed by atoms with Crippen LogP contribution in [-0.2, 0) is 20.9 Å². The van der Waals surface area contributed by atoms with Crippen LogP contribution < -0.4 is 5.32 Å². The predicted molar refractivity (Wildman–Crippen MR) is 169 cm³/mol. The zero-order valence-electron chi connectivity index (χ0n) is 26.5. The Labute approximate surface area is 281 Å². The molecule has 2 aliphatic rings. The van der Waals surface area contributed by atoms with E-state index in [1.807, 2.05) is 17.0 Å². The van der Waals surface area contributed by atoms with Gasteiger partial charge in [0.2, 0.25) is 0 Å². The number of likely N-dealkylation sites (tertiary alicyclic amines) is 1. The molecule has 0 radical (unpaired) electrons. The smallest absolute Gasteiger partial charge is 0.490 e. The summed E-state index contributed by atoms with van der Waals surface area (Å²) in [7, 11) is 0. The number of phenols is 1. The Morgan fingerprint density at radius 3 is 1.90 bits per heavy atom. The molecule has 0 aliphatic carbocycles. The number of nitrogens with zero attached hydrogens (tertiary/aromatic N) is 3. The average Bonchev–Trinajstić information content (AvgIpc) is 3.38. The van der Waals surface area contributed by atoms with E-state index in [0.717, 1.165) is 55.8 Å². The van der Waals surface area contributed by atoms with Crippen molar-refractivity contribution in [2.24, 2.45) is 5.92 Å². The van der Waals surface area contributed by atoms with Gasteiger partial charge in [-0.15, -0.1) is 0 Å². The fraction of sp³-hybridized carbons (Fsp3) is 0.438. The molecule has 2 aromatic carbocycles. The number of carbonyl (C=O) groups is 3. The van der Waals surface area contributed by atoms with Crippen molar-refractivity contribution in [1.82, 2.24) is 20.0 Å². The molecule has 0 spiro atoms. The number of rotatable bonds is 7. The number of phenolic OH excluding ortho intramolecular Hbond substituents is 1. The molecule has 7 N–H and O–H groups in total. The van der Waals surface area contributed by atoms with Gasteiger partial charge < -0.3 is 31.2 Å². The molecule has 50 heavy (non-hydrogen) atoms. The van der Waals surface area contributed by atoms with Gasteiger partial charge in [-0.1, -0.05) is 36.4 Å². The Hall–Kier alpha value is -4.68. The second kappa shape index (κ2) is 18.4. The lowest BCUT2D eigenvalue weighted by Crippen LogP contribution is -2.36. The van der Waals surface area contributed by atoms with Gasteiger partial charge in [0.25, 0.3) is 0 Å². The van der Waals surface area contributed by atoms with Crippen molar-refractivity contribution < 1.29 is 66.6 Å². The van der Waals surface area contributed by atoms with Crippen LogP contribution in [0.5, 0.6) is 5.75 Å². The topological polar surface area (TPSA) is 197 Å². The van der Waals surface area contributed by atoms with Crippen molar-refractivity contribution in [2.45, 2.75) is 50.5 Å². The molecule has 3 heterocycles. The number of allylic oxidation sites excluding steroid dienone is 1. The van der Waals surface area contributed by atoms with Gasteiger partial charge in [0.1, 0.15) is 5.75 Å². The van der Waals surface area contributed by atoms with E-state index in [4.69, 9.17) is 30.0 Å². The number of halogens is 6. The minimum atomic E-state index is -5.08.